The van der Waals surface area contributed by atoms with Crippen molar-refractivity contribution in [1.29, 1.82) is 0 Å². The molecule has 9 heteroatoms. The van der Waals surface area contributed by atoms with E-state index in [2.05, 4.69) is 5.32 Å². The summed E-state index contributed by atoms with van der Waals surface area (Å²) in [5.74, 6) is -0.423. The second-order valence-electron chi connectivity index (χ2n) is 7.03. The molecule has 0 saturated carbocycles. The molecule has 0 spiro atoms. The highest BCUT2D eigenvalue weighted by atomic mass is 32.2. The lowest BCUT2D eigenvalue weighted by Crippen LogP contribution is -2.26. The maximum absolute atomic E-state index is 12.7. The monoisotopic (exact) mass is 439 g/mol. The van der Waals surface area contributed by atoms with E-state index in [1.54, 1.807) is 54.6 Å². The van der Waals surface area contributed by atoms with Crippen molar-refractivity contribution in [3.63, 3.8) is 0 Å². The zero-order valence-electron chi connectivity index (χ0n) is 17.0. The first-order valence-corrected chi connectivity index (χ1v) is 10.8. The van der Waals surface area contributed by atoms with E-state index in [4.69, 9.17) is 0 Å². The summed E-state index contributed by atoms with van der Waals surface area (Å²) in [6.07, 6.45) is 0. The molecule has 1 N–H and O–H groups in total. The van der Waals surface area contributed by atoms with Crippen molar-refractivity contribution >= 4 is 27.3 Å². The van der Waals surface area contributed by atoms with E-state index in [1.807, 2.05) is 6.92 Å². The standard InChI is InChI=1S/C22H21N3O5S/c1-16-6-12-21(13-7-16)31(29,30)24(2)15-17-8-10-18(11-9-17)22(26)23-19-4-3-5-20(14-19)25(27)28/h3-14H,15H2,1-2H3,(H,23,26). The van der Waals surface area contributed by atoms with Crippen LogP contribution < -0.4 is 5.32 Å². The minimum atomic E-state index is -3.63. The summed E-state index contributed by atoms with van der Waals surface area (Å²) < 4.78 is 26.7. The number of non-ortho nitro benzene ring substituents is 1. The van der Waals surface area contributed by atoms with E-state index in [-0.39, 0.29) is 17.1 Å². The quantitative estimate of drug-likeness (QED) is 0.442. The van der Waals surface area contributed by atoms with Crippen LogP contribution in [0, 0.1) is 17.0 Å². The first kappa shape index (κ1) is 22.1. The summed E-state index contributed by atoms with van der Waals surface area (Å²) in [6.45, 7) is 2.03. The molecule has 1 amide bonds. The second kappa shape index (κ2) is 9.07. The Morgan fingerprint density at radius 3 is 2.29 bits per heavy atom. The predicted molar refractivity (Wildman–Crippen MR) is 117 cm³/mol. The summed E-state index contributed by atoms with van der Waals surface area (Å²) >= 11 is 0. The van der Waals surface area contributed by atoms with Gasteiger partial charge in [-0.05, 0) is 42.8 Å². The molecule has 0 saturated heterocycles. The van der Waals surface area contributed by atoms with Crippen molar-refractivity contribution in [3.8, 4) is 0 Å². The fourth-order valence-electron chi connectivity index (χ4n) is 2.89. The first-order valence-electron chi connectivity index (χ1n) is 9.34. The van der Waals surface area contributed by atoms with Gasteiger partial charge in [-0.15, -0.1) is 0 Å². The van der Waals surface area contributed by atoms with Gasteiger partial charge >= 0.3 is 0 Å². The Morgan fingerprint density at radius 2 is 1.68 bits per heavy atom. The lowest BCUT2D eigenvalue weighted by molar-refractivity contribution is -0.384. The third-order valence-electron chi connectivity index (χ3n) is 4.67. The van der Waals surface area contributed by atoms with Crippen molar-refractivity contribution in [3.05, 3.63) is 99.6 Å². The first-order chi connectivity index (χ1) is 14.7. The summed E-state index contributed by atoms with van der Waals surface area (Å²) in [6, 6.07) is 18.8. The van der Waals surface area contributed by atoms with E-state index < -0.39 is 20.9 Å². The SMILES string of the molecule is Cc1ccc(S(=O)(=O)N(C)Cc2ccc(C(=O)Nc3cccc([N+](=O)[O-])c3)cc2)cc1. The van der Waals surface area contributed by atoms with Crippen LogP contribution in [-0.2, 0) is 16.6 Å². The Hall–Kier alpha value is -3.56. The van der Waals surface area contributed by atoms with E-state index in [9.17, 15) is 23.3 Å². The highest BCUT2D eigenvalue weighted by Crippen LogP contribution is 2.19. The van der Waals surface area contributed by atoms with Gasteiger partial charge in [-0.2, -0.15) is 4.31 Å². The molecule has 0 radical (unpaired) electrons. The molecule has 0 aliphatic heterocycles. The number of hydrogen-bond acceptors (Lipinski definition) is 5. The van der Waals surface area contributed by atoms with Gasteiger partial charge in [-0.1, -0.05) is 35.9 Å². The summed E-state index contributed by atoms with van der Waals surface area (Å²) in [5, 5.41) is 13.5. The van der Waals surface area contributed by atoms with E-state index in [0.717, 1.165) is 5.56 Å². The van der Waals surface area contributed by atoms with Gasteiger partial charge in [0.15, 0.2) is 0 Å². The molecule has 0 heterocycles. The van der Waals surface area contributed by atoms with Gasteiger partial charge in [-0.3, -0.25) is 14.9 Å². The summed E-state index contributed by atoms with van der Waals surface area (Å²) in [5.41, 5.74) is 2.23. The van der Waals surface area contributed by atoms with Crippen molar-refractivity contribution in [2.45, 2.75) is 18.4 Å². The fourth-order valence-corrected chi connectivity index (χ4v) is 4.05. The number of sulfonamides is 1. The number of aryl methyl sites for hydroxylation is 1. The number of nitrogens with zero attached hydrogens (tertiary/aromatic N) is 2. The number of carbonyl (C=O) groups is 1. The van der Waals surface area contributed by atoms with Gasteiger partial charge in [0, 0.05) is 37.0 Å². The van der Waals surface area contributed by atoms with Crippen LogP contribution >= 0.6 is 0 Å². The molecule has 8 nitrogen and oxygen atoms in total. The van der Waals surface area contributed by atoms with Gasteiger partial charge in [0.05, 0.1) is 9.82 Å². The zero-order chi connectivity index (χ0) is 22.6. The van der Waals surface area contributed by atoms with Crippen LogP contribution in [0.5, 0.6) is 0 Å². The maximum atomic E-state index is 12.7. The highest BCUT2D eigenvalue weighted by Gasteiger charge is 2.20. The molecule has 3 rings (SSSR count). The van der Waals surface area contributed by atoms with Gasteiger partial charge in [-0.25, -0.2) is 8.42 Å². The number of carbonyl (C=O) groups excluding carboxylic acids is 1. The molecule has 3 aromatic carbocycles. The number of rotatable bonds is 7. The second-order valence-corrected chi connectivity index (χ2v) is 9.08. The van der Waals surface area contributed by atoms with Crippen LogP contribution in [0.3, 0.4) is 0 Å². The Kier molecular flexibility index (Phi) is 6.47. The molecule has 160 valence electrons. The van der Waals surface area contributed by atoms with Crippen molar-refractivity contribution in [1.82, 2.24) is 4.31 Å². The molecule has 0 atom stereocenters. The zero-order valence-corrected chi connectivity index (χ0v) is 17.8. The average Bonchev–Trinajstić information content (AvgIpc) is 2.74. The number of nitro groups is 1. The van der Waals surface area contributed by atoms with Crippen LogP contribution in [0.25, 0.3) is 0 Å². The summed E-state index contributed by atoms with van der Waals surface area (Å²) in [4.78, 5) is 22.9. The van der Waals surface area contributed by atoms with Crippen molar-refractivity contribution in [2.24, 2.45) is 0 Å². The van der Waals surface area contributed by atoms with Crippen LogP contribution in [0.4, 0.5) is 11.4 Å². The molecule has 0 aliphatic rings. The van der Waals surface area contributed by atoms with Gasteiger partial charge < -0.3 is 5.32 Å². The lowest BCUT2D eigenvalue weighted by atomic mass is 10.1. The van der Waals surface area contributed by atoms with Crippen LogP contribution in [-0.4, -0.2) is 30.6 Å². The maximum Gasteiger partial charge on any atom is 0.271 e. The van der Waals surface area contributed by atoms with Crippen molar-refractivity contribution < 1.29 is 18.1 Å². The molecule has 31 heavy (non-hydrogen) atoms. The molecule has 3 aromatic rings. The van der Waals surface area contributed by atoms with Gasteiger partial charge in [0.1, 0.15) is 0 Å². The average molecular weight is 439 g/mol. The Labute approximate surface area is 180 Å². The number of benzene rings is 3. The number of hydrogen-bond donors (Lipinski definition) is 1. The predicted octanol–water partition coefficient (Wildman–Crippen LogP) is 3.98. The third kappa shape index (κ3) is 5.33. The molecule has 0 bridgehead atoms. The number of anilines is 1. The molecule has 0 aliphatic carbocycles. The molecule has 0 aromatic heterocycles. The Morgan fingerprint density at radius 1 is 1.03 bits per heavy atom. The smallest absolute Gasteiger partial charge is 0.271 e. The minimum absolute atomic E-state index is 0.119. The highest BCUT2D eigenvalue weighted by molar-refractivity contribution is 7.89. The normalized spacial score (nSPS) is 11.3. The lowest BCUT2D eigenvalue weighted by Gasteiger charge is -2.17. The van der Waals surface area contributed by atoms with Crippen LogP contribution in [0.2, 0.25) is 0 Å². The molecule has 0 unspecified atom stereocenters. The van der Waals surface area contributed by atoms with E-state index in [1.165, 1.54) is 29.6 Å². The Balaban J connectivity index is 1.68. The van der Waals surface area contributed by atoms with E-state index in [0.29, 0.717) is 16.8 Å². The number of nitrogens with one attached hydrogen (secondary N) is 1. The van der Waals surface area contributed by atoms with Gasteiger partial charge in [0.2, 0.25) is 10.0 Å². The number of amides is 1. The van der Waals surface area contributed by atoms with Crippen molar-refractivity contribution in [2.75, 3.05) is 12.4 Å². The van der Waals surface area contributed by atoms with Crippen LogP contribution in [0.15, 0.2) is 77.7 Å². The number of nitro benzene ring substituents is 1. The van der Waals surface area contributed by atoms with E-state index >= 15 is 0 Å². The van der Waals surface area contributed by atoms with Gasteiger partial charge in [0.25, 0.3) is 11.6 Å². The molecular formula is C22H21N3O5S. The third-order valence-corrected chi connectivity index (χ3v) is 6.48. The largest absolute Gasteiger partial charge is 0.322 e. The summed E-state index contributed by atoms with van der Waals surface area (Å²) in [7, 11) is -2.14. The fraction of sp³-hybridized carbons (Fsp3) is 0.136. The topological polar surface area (TPSA) is 110 Å². The Bertz CT molecular complexity index is 1210. The minimum Gasteiger partial charge on any atom is -0.322 e. The van der Waals surface area contributed by atoms with Crippen LogP contribution in [0.1, 0.15) is 21.5 Å². The molecule has 0 fully saturated rings. The molecular weight excluding hydrogens is 418 g/mol.